The van der Waals surface area contributed by atoms with E-state index in [1.54, 1.807) is 19.1 Å². The smallest absolute Gasteiger partial charge is 0.183 e. The van der Waals surface area contributed by atoms with E-state index in [1.165, 1.54) is 0 Å². The second-order valence-electron chi connectivity index (χ2n) is 5.35. The van der Waals surface area contributed by atoms with E-state index in [-0.39, 0.29) is 15.2 Å². The van der Waals surface area contributed by atoms with E-state index in [2.05, 4.69) is 4.90 Å². The highest BCUT2D eigenvalue weighted by molar-refractivity contribution is 7.92. The molecule has 0 amide bonds. The molecule has 0 aromatic heterocycles. The Morgan fingerprint density at radius 3 is 2.42 bits per heavy atom. The Labute approximate surface area is 119 Å². The summed E-state index contributed by atoms with van der Waals surface area (Å²) < 4.78 is 25.2. The van der Waals surface area contributed by atoms with Crippen LogP contribution in [-0.2, 0) is 9.84 Å². The van der Waals surface area contributed by atoms with Crippen molar-refractivity contribution >= 4 is 27.1 Å². The van der Waals surface area contributed by atoms with E-state index in [4.69, 9.17) is 17.3 Å². The molecule has 1 aliphatic carbocycles. The van der Waals surface area contributed by atoms with E-state index < -0.39 is 9.84 Å². The van der Waals surface area contributed by atoms with Gasteiger partial charge in [-0.2, -0.15) is 0 Å². The van der Waals surface area contributed by atoms with Crippen LogP contribution >= 0.6 is 11.6 Å². The van der Waals surface area contributed by atoms with Gasteiger partial charge in [-0.3, -0.25) is 0 Å². The molecule has 0 radical (unpaired) electrons. The van der Waals surface area contributed by atoms with Crippen LogP contribution in [-0.4, -0.2) is 38.7 Å². The van der Waals surface area contributed by atoms with Gasteiger partial charge in [0.25, 0.3) is 0 Å². The summed E-state index contributed by atoms with van der Waals surface area (Å²) in [5, 5.41) is -0.0853. The lowest BCUT2D eigenvalue weighted by molar-refractivity contribution is 0.196. The molecule has 0 aliphatic heterocycles. The molecular formula is C13H19ClN2O2S. The maximum Gasteiger partial charge on any atom is 0.183 e. The maximum absolute atomic E-state index is 12.6. The molecule has 4 nitrogen and oxygen atoms in total. The van der Waals surface area contributed by atoms with Crippen LogP contribution in [0.15, 0.2) is 17.0 Å². The number of hydrogen-bond acceptors (Lipinski definition) is 4. The van der Waals surface area contributed by atoms with Crippen LogP contribution in [0.1, 0.15) is 18.4 Å². The normalized spacial score (nSPS) is 23.4. The number of halogens is 1. The molecule has 1 saturated carbocycles. The molecule has 0 bridgehead atoms. The summed E-state index contributed by atoms with van der Waals surface area (Å²) in [6.07, 6.45) is 1.31. The van der Waals surface area contributed by atoms with Crippen LogP contribution in [0.5, 0.6) is 0 Å². The average Bonchev–Trinajstić information content (AvgIpc) is 2.20. The number of nitrogens with two attached hydrogens (primary N) is 1. The van der Waals surface area contributed by atoms with Crippen LogP contribution in [0, 0.1) is 6.92 Å². The monoisotopic (exact) mass is 302 g/mol. The van der Waals surface area contributed by atoms with Crippen molar-refractivity contribution in [2.24, 2.45) is 0 Å². The summed E-state index contributed by atoms with van der Waals surface area (Å²) in [6, 6.07) is 3.53. The third-order valence-corrected chi connectivity index (χ3v) is 6.71. The molecule has 1 aromatic rings. The van der Waals surface area contributed by atoms with E-state index in [9.17, 15) is 8.42 Å². The van der Waals surface area contributed by atoms with Gasteiger partial charge in [0.2, 0.25) is 0 Å². The molecule has 1 fully saturated rings. The number of anilines is 1. The Kier molecular flexibility index (Phi) is 3.82. The third kappa shape index (κ3) is 2.47. The largest absolute Gasteiger partial charge is 0.398 e. The number of rotatable bonds is 3. The first kappa shape index (κ1) is 14.6. The minimum atomic E-state index is -3.39. The van der Waals surface area contributed by atoms with Crippen molar-refractivity contribution in [2.45, 2.75) is 36.0 Å². The summed E-state index contributed by atoms with van der Waals surface area (Å²) in [5.41, 5.74) is 6.81. The van der Waals surface area contributed by atoms with Gasteiger partial charge in [0.15, 0.2) is 9.84 Å². The van der Waals surface area contributed by atoms with Gasteiger partial charge < -0.3 is 10.6 Å². The summed E-state index contributed by atoms with van der Waals surface area (Å²) >= 11 is 6.06. The second kappa shape index (κ2) is 4.96. The Morgan fingerprint density at radius 1 is 1.32 bits per heavy atom. The fourth-order valence-electron chi connectivity index (χ4n) is 2.40. The van der Waals surface area contributed by atoms with Crippen molar-refractivity contribution in [1.82, 2.24) is 4.90 Å². The first-order valence-corrected chi connectivity index (χ1v) is 8.12. The quantitative estimate of drug-likeness (QED) is 0.869. The van der Waals surface area contributed by atoms with Gasteiger partial charge >= 0.3 is 0 Å². The van der Waals surface area contributed by atoms with Crippen molar-refractivity contribution in [3.05, 3.63) is 22.7 Å². The van der Waals surface area contributed by atoms with Crippen LogP contribution in [0.4, 0.5) is 5.69 Å². The first-order chi connectivity index (χ1) is 8.75. The standard InChI is InChI=1S/C13H19ClN2O2S/c1-8-12(15)5-4-11(14)13(8)19(17,18)10-6-9(7-10)16(2)3/h4-5,9-10H,6-7,15H2,1-3H3. The summed E-state index contributed by atoms with van der Waals surface area (Å²) in [7, 11) is 0.538. The van der Waals surface area contributed by atoms with E-state index >= 15 is 0 Å². The number of nitrogens with zero attached hydrogens (tertiary/aromatic N) is 1. The average molecular weight is 303 g/mol. The molecule has 0 unspecified atom stereocenters. The third-order valence-electron chi connectivity index (χ3n) is 3.92. The molecule has 1 aliphatic rings. The van der Waals surface area contributed by atoms with Gasteiger partial charge in [-0.15, -0.1) is 0 Å². The highest BCUT2D eigenvalue weighted by atomic mass is 35.5. The Bertz CT molecular complexity index is 593. The highest BCUT2D eigenvalue weighted by Crippen LogP contribution is 2.38. The molecular weight excluding hydrogens is 284 g/mol. The minimum Gasteiger partial charge on any atom is -0.398 e. The summed E-state index contributed by atoms with van der Waals surface area (Å²) in [5.74, 6) is 0. The van der Waals surface area contributed by atoms with Crippen molar-refractivity contribution in [1.29, 1.82) is 0 Å². The molecule has 6 heteroatoms. The van der Waals surface area contributed by atoms with E-state index in [1.807, 2.05) is 14.1 Å². The minimum absolute atomic E-state index is 0.205. The fourth-order valence-corrected chi connectivity index (χ4v) is 5.10. The number of benzene rings is 1. The topological polar surface area (TPSA) is 63.4 Å². The van der Waals surface area contributed by atoms with Crippen molar-refractivity contribution in [2.75, 3.05) is 19.8 Å². The zero-order valence-electron chi connectivity index (χ0n) is 11.4. The maximum atomic E-state index is 12.6. The zero-order valence-corrected chi connectivity index (χ0v) is 12.9. The number of sulfone groups is 1. The van der Waals surface area contributed by atoms with Gasteiger partial charge in [0.05, 0.1) is 15.2 Å². The molecule has 1 aromatic carbocycles. The van der Waals surface area contributed by atoms with Gasteiger partial charge in [-0.1, -0.05) is 11.6 Å². The van der Waals surface area contributed by atoms with Crippen molar-refractivity contribution in [3.8, 4) is 0 Å². The van der Waals surface area contributed by atoms with Gasteiger partial charge in [0, 0.05) is 11.7 Å². The number of hydrogen-bond donors (Lipinski definition) is 1. The van der Waals surface area contributed by atoms with Gasteiger partial charge in [0.1, 0.15) is 0 Å². The predicted octanol–water partition coefficient (Wildman–Crippen LogP) is 2.10. The van der Waals surface area contributed by atoms with Gasteiger partial charge in [-0.05, 0) is 51.6 Å². The highest BCUT2D eigenvalue weighted by Gasteiger charge is 2.41. The summed E-state index contributed by atoms with van der Waals surface area (Å²) in [4.78, 5) is 2.26. The predicted molar refractivity (Wildman–Crippen MR) is 78.3 cm³/mol. The van der Waals surface area contributed by atoms with Crippen LogP contribution in [0.25, 0.3) is 0 Å². The molecule has 0 saturated heterocycles. The molecule has 106 valence electrons. The van der Waals surface area contributed by atoms with Crippen LogP contribution in [0.3, 0.4) is 0 Å². The Balaban J connectivity index is 2.35. The first-order valence-electron chi connectivity index (χ1n) is 6.20. The Hall–Kier alpha value is -0.780. The molecule has 0 spiro atoms. The number of nitrogen functional groups attached to an aromatic ring is 1. The molecule has 2 N–H and O–H groups in total. The van der Waals surface area contributed by atoms with Crippen molar-refractivity contribution in [3.63, 3.8) is 0 Å². The van der Waals surface area contributed by atoms with E-state index in [0.29, 0.717) is 30.1 Å². The molecule has 0 heterocycles. The van der Waals surface area contributed by atoms with Crippen LogP contribution in [0.2, 0.25) is 5.02 Å². The molecule has 19 heavy (non-hydrogen) atoms. The molecule has 0 atom stereocenters. The lowest BCUT2D eigenvalue weighted by atomic mass is 9.91. The second-order valence-corrected chi connectivity index (χ2v) is 7.92. The van der Waals surface area contributed by atoms with Crippen molar-refractivity contribution < 1.29 is 8.42 Å². The lowest BCUT2D eigenvalue weighted by Gasteiger charge is -2.39. The lowest BCUT2D eigenvalue weighted by Crippen LogP contribution is -2.47. The SMILES string of the molecule is Cc1c(N)ccc(Cl)c1S(=O)(=O)C1CC(N(C)C)C1. The van der Waals surface area contributed by atoms with Gasteiger partial charge in [-0.25, -0.2) is 8.42 Å². The molecule has 2 rings (SSSR count). The van der Waals surface area contributed by atoms with E-state index in [0.717, 1.165) is 0 Å². The summed E-state index contributed by atoms with van der Waals surface area (Å²) in [6.45, 7) is 1.70. The van der Waals surface area contributed by atoms with Crippen LogP contribution < -0.4 is 5.73 Å². The zero-order chi connectivity index (χ0) is 14.4. The fraction of sp³-hybridized carbons (Fsp3) is 0.538. The Morgan fingerprint density at radius 2 is 1.89 bits per heavy atom.